The van der Waals surface area contributed by atoms with Crippen LogP contribution in [-0.4, -0.2) is 13.3 Å². The first-order chi connectivity index (χ1) is 9.61. The average Bonchev–Trinajstić information content (AvgIpc) is 2.46. The predicted octanol–water partition coefficient (Wildman–Crippen LogP) is 3.61. The van der Waals surface area contributed by atoms with E-state index in [-0.39, 0.29) is 0 Å². The molecule has 4 heteroatoms. The van der Waals surface area contributed by atoms with E-state index in [4.69, 9.17) is 10.6 Å². The molecule has 2 N–H and O–H groups in total. The van der Waals surface area contributed by atoms with Crippen molar-refractivity contribution in [3.05, 3.63) is 53.6 Å². The second-order valence-corrected chi connectivity index (χ2v) is 5.53. The van der Waals surface area contributed by atoms with Crippen molar-refractivity contribution in [2.75, 3.05) is 18.3 Å². The second kappa shape index (κ2) is 6.68. The fourth-order valence-electron chi connectivity index (χ4n) is 2.03. The maximum atomic E-state index is 5.87. The van der Waals surface area contributed by atoms with Crippen LogP contribution in [0.15, 0.2) is 47.4 Å². The van der Waals surface area contributed by atoms with Gasteiger partial charge in [-0.3, -0.25) is 0 Å². The molecule has 0 atom stereocenters. The number of nitrogens with two attached hydrogens (primary N) is 1. The smallest absolute Gasteiger partial charge is 0.119 e. The molecule has 0 fully saturated rings. The number of hydrogen-bond acceptors (Lipinski definition) is 4. The molecule has 0 heterocycles. The minimum absolute atomic E-state index is 0.516. The molecular weight excluding hydrogens is 268 g/mol. The van der Waals surface area contributed by atoms with Gasteiger partial charge in [0.1, 0.15) is 12.4 Å². The molecule has 0 aromatic heterocycles. The van der Waals surface area contributed by atoms with E-state index in [2.05, 4.69) is 31.4 Å². The van der Waals surface area contributed by atoms with E-state index >= 15 is 0 Å². The van der Waals surface area contributed by atoms with Crippen molar-refractivity contribution in [1.82, 2.24) is 0 Å². The lowest BCUT2D eigenvalue weighted by Gasteiger charge is -2.19. The molecule has 0 spiro atoms. The van der Waals surface area contributed by atoms with Gasteiger partial charge in [-0.25, -0.2) is 5.84 Å². The van der Waals surface area contributed by atoms with Gasteiger partial charge >= 0.3 is 0 Å². The van der Waals surface area contributed by atoms with Gasteiger partial charge in [-0.2, -0.15) is 0 Å². The molecule has 0 bridgehead atoms. The summed E-state index contributed by atoms with van der Waals surface area (Å²) in [6.07, 6.45) is 2.06. The molecule has 0 aliphatic heterocycles. The summed E-state index contributed by atoms with van der Waals surface area (Å²) < 4.78 is 5.87. The van der Waals surface area contributed by atoms with E-state index in [1.165, 1.54) is 10.5 Å². The number of rotatable bonds is 5. The Morgan fingerprint density at radius 2 is 1.85 bits per heavy atom. The zero-order valence-corrected chi connectivity index (χ0v) is 12.9. The highest BCUT2D eigenvalue weighted by molar-refractivity contribution is 7.98. The van der Waals surface area contributed by atoms with Gasteiger partial charge in [-0.15, -0.1) is 11.8 Å². The Labute approximate surface area is 124 Å². The van der Waals surface area contributed by atoms with Gasteiger partial charge in [0.2, 0.25) is 0 Å². The highest BCUT2D eigenvalue weighted by atomic mass is 32.2. The van der Waals surface area contributed by atoms with Crippen LogP contribution in [0.5, 0.6) is 5.75 Å². The van der Waals surface area contributed by atoms with E-state index in [1.54, 1.807) is 16.8 Å². The molecule has 0 radical (unpaired) electrons. The number of ether oxygens (including phenoxy) is 1. The van der Waals surface area contributed by atoms with Crippen LogP contribution in [0.2, 0.25) is 0 Å². The largest absolute Gasteiger partial charge is 0.489 e. The second-order valence-electron chi connectivity index (χ2n) is 4.65. The minimum atomic E-state index is 0.516. The maximum Gasteiger partial charge on any atom is 0.119 e. The molecule has 2 aromatic carbocycles. The Hall–Kier alpha value is -1.65. The van der Waals surface area contributed by atoms with Gasteiger partial charge in [0.25, 0.3) is 0 Å². The molecule has 3 nitrogen and oxygen atoms in total. The highest BCUT2D eigenvalue weighted by Crippen LogP contribution is 2.24. The minimum Gasteiger partial charge on any atom is -0.489 e. The van der Waals surface area contributed by atoms with Crippen molar-refractivity contribution >= 4 is 17.4 Å². The fourth-order valence-corrected chi connectivity index (χ4v) is 2.44. The molecule has 20 heavy (non-hydrogen) atoms. The summed E-state index contributed by atoms with van der Waals surface area (Å²) in [4.78, 5) is 1.23. The number of hydrogen-bond donors (Lipinski definition) is 1. The molecular formula is C16H20N2OS. The van der Waals surface area contributed by atoms with Crippen LogP contribution in [0.1, 0.15) is 11.1 Å². The van der Waals surface area contributed by atoms with E-state index in [0.29, 0.717) is 6.61 Å². The van der Waals surface area contributed by atoms with Gasteiger partial charge < -0.3 is 9.75 Å². The monoisotopic (exact) mass is 288 g/mol. The van der Waals surface area contributed by atoms with Crippen LogP contribution < -0.4 is 15.6 Å². The first kappa shape index (κ1) is 14.8. The Kier molecular flexibility index (Phi) is 4.93. The predicted molar refractivity (Wildman–Crippen MR) is 86.3 cm³/mol. The topological polar surface area (TPSA) is 38.5 Å². The first-order valence-electron chi connectivity index (χ1n) is 6.45. The molecule has 0 saturated heterocycles. The zero-order chi connectivity index (χ0) is 14.5. The lowest BCUT2D eigenvalue weighted by molar-refractivity contribution is 0.305. The number of benzene rings is 2. The van der Waals surface area contributed by atoms with Crippen molar-refractivity contribution in [2.45, 2.75) is 18.4 Å². The van der Waals surface area contributed by atoms with Crippen molar-refractivity contribution in [3.63, 3.8) is 0 Å². The molecule has 0 unspecified atom stereocenters. The number of thioether (sulfide) groups is 1. The third-order valence-corrected chi connectivity index (χ3v) is 3.95. The Balaban J connectivity index is 2.13. The Morgan fingerprint density at radius 1 is 1.15 bits per heavy atom. The summed E-state index contributed by atoms with van der Waals surface area (Å²) in [5.41, 5.74) is 3.29. The molecule has 106 valence electrons. The molecule has 0 amide bonds. The maximum absolute atomic E-state index is 5.87. The SMILES string of the molecule is CSc1ccc(OCc2c(C)cccc2N(C)N)cc1. The highest BCUT2D eigenvalue weighted by Gasteiger charge is 2.08. The van der Waals surface area contributed by atoms with E-state index in [9.17, 15) is 0 Å². The van der Waals surface area contributed by atoms with Crippen LogP contribution in [0.4, 0.5) is 5.69 Å². The average molecular weight is 288 g/mol. The third kappa shape index (κ3) is 3.46. The van der Waals surface area contributed by atoms with Crippen molar-refractivity contribution in [3.8, 4) is 5.75 Å². The van der Waals surface area contributed by atoms with Crippen molar-refractivity contribution in [2.24, 2.45) is 5.84 Å². The quantitative estimate of drug-likeness (QED) is 0.518. The fraction of sp³-hybridized carbons (Fsp3) is 0.250. The van der Waals surface area contributed by atoms with Crippen molar-refractivity contribution in [1.29, 1.82) is 0 Å². The normalized spacial score (nSPS) is 10.4. The summed E-state index contributed by atoms with van der Waals surface area (Å²) in [7, 11) is 1.84. The van der Waals surface area contributed by atoms with E-state index in [0.717, 1.165) is 17.0 Å². The third-order valence-electron chi connectivity index (χ3n) is 3.21. The summed E-state index contributed by atoms with van der Waals surface area (Å²) in [6.45, 7) is 2.59. The van der Waals surface area contributed by atoms with Crippen LogP contribution in [0, 0.1) is 6.92 Å². The van der Waals surface area contributed by atoms with Gasteiger partial charge in [-0.1, -0.05) is 12.1 Å². The molecule has 0 saturated carbocycles. The molecule has 0 aliphatic rings. The lowest BCUT2D eigenvalue weighted by atomic mass is 10.1. The molecule has 2 rings (SSSR count). The van der Waals surface area contributed by atoms with Gasteiger partial charge in [0, 0.05) is 17.5 Å². The van der Waals surface area contributed by atoms with Crippen LogP contribution in [0.3, 0.4) is 0 Å². The standard InChI is InChI=1S/C16H20N2OS/c1-12-5-4-6-16(18(2)17)15(12)11-19-13-7-9-14(20-3)10-8-13/h4-10H,11,17H2,1-3H3. The van der Waals surface area contributed by atoms with Gasteiger partial charge in [0.05, 0.1) is 5.69 Å². The van der Waals surface area contributed by atoms with Crippen molar-refractivity contribution < 1.29 is 4.74 Å². The number of aryl methyl sites for hydroxylation is 1. The number of hydrazine groups is 1. The molecule has 0 aliphatic carbocycles. The number of anilines is 1. The summed E-state index contributed by atoms with van der Waals surface area (Å²) in [6, 6.07) is 14.2. The van der Waals surface area contributed by atoms with Gasteiger partial charge in [0.15, 0.2) is 0 Å². The summed E-state index contributed by atoms with van der Waals surface area (Å²) >= 11 is 1.72. The summed E-state index contributed by atoms with van der Waals surface area (Å²) in [5.74, 6) is 6.74. The van der Waals surface area contributed by atoms with Crippen LogP contribution in [-0.2, 0) is 6.61 Å². The van der Waals surface area contributed by atoms with Gasteiger partial charge in [-0.05, 0) is 49.1 Å². The lowest BCUT2D eigenvalue weighted by Crippen LogP contribution is -2.26. The van der Waals surface area contributed by atoms with Crippen LogP contribution >= 0.6 is 11.8 Å². The first-order valence-corrected chi connectivity index (χ1v) is 7.68. The van der Waals surface area contributed by atoms with E-state index in [1.807, 2.05) is 31.3 Å². The summed E-state index contributed by atoms with van der Waals surface area (Å²) in [5, 5.41) is 1.63. The number of nitrogens with zero attached hydrogens (tertiary/aromatic N) is 1. The zero-order valence-electron chi connectivity index (χ0n) is 12.1. The van der Waals surface area contributed by atoms with E-state index < -0.39 is 0 Å². The Bertz CT molecular complexity index is 567. The molecule has 2 aromatic rings. The van der Waals surface area contributed by atoms with Crippen LogP contribution in [0.25, 0.3) is 0 Å². The Morgan fingerprint density at radius 3 is 2.45 bits per heavy atom.